The Hall–Kier alpha value is -2.89. The normalized spacial score (nSPS) is 16.7. The van der Waals surface area contributed by atoms with Gasteiger partial charge in [0.05, 0.1) is 12.2 Å². The van der Waals surface area contributed by atoms with Crippen molar-refractivity contribution in [3.05, 3.63) is 65.0 Å². The van der Waals surface area contributed by atoms with Crippen molar-refractivity contribution in [2.75, 3.05) is 19.7 Å². The van der Waals surface area contributed by atoms with Gasteiger partial charge in [-0.3, -0.25) is 9.59 Å². The highest BCUT2D eigenvalue weighted by atomic mass is 19.1. The summed E-state index contributed by atoms with van der Waals surface area (Å²) in [6.45, 7) is 1.65. The maximum absolute atomic E-state index is 14.1. The van der Waals surface area contributed by atoms with Crippen molar-refractivity contribution in [1.29, 1.82) is 0 Å². The first-order chi connectivity index (χ1) is 13.0. The molecule has 0 unspecified atom stereocenters. The molecule has 2 N–H and O–H groups in total. The Kier molecular flexibility index (Phi) is 4.56. The molecule has 1 heterocycles. The number of carbonyl (C=O) groups excluding carboxylic acids is 2. The summed E-state index contributed by atoms with van der Waals surface area (Å²) in [6.07, 6.45) is 2.01. The Morgan fingerprint density at radius 2 is 1.85 bits per heavy atom. The van der Waals surface area contributed by atoms with E-state index in [-0.39, 0.29) is 17.4 Å². The second kappa shape index (κ2) is 7.02. The molecular weight excluding hydrogens is 347 g/mol. The second-order valence-corrected chi connectivity index (χ2v) is 7.26. The summed E-state index contributed by atoms with van der Waals surface area (Å²) in [5.41, 5.74) is 6.68. The number of nitrogens with zero attached hydrogens (tertiary/aromatic N) is 1. The Morgan fingerprint density at radius 1 is 1.15 bits per heavy atom. The van der Waals surface area contributed by atoms with E-state index in [2.05, 4.69) is 0 Å². The summed E-state index contributed by atoms with van der Waals surface area (Å²) >= 11 is 0. The SMILES string of the molecule is NC(=O)c1cc(C2CC2)c(OCC2CN(C(=O)c3ccccc3)C2)cc1F. The fourth-order valence-electron chi connectivity index (χ4n) is 3.41. The third-order valence-electron chi connectivity index (χ3n) is 5.12. The van der Waals surface area contributed by atoms with Crippen LogP contribution >= 0.6 is 0 Å². The lowest BCUT2D eigenvalue weighted by atomic mass is 9.99. The maximum Gasteiger partial charge on any atom is 0.253 e. The van der Waals surface area contributed by atoms with Crippen LogP contribution in [0.15, 0.2) is 42.5 Å². The van der Waals surface area contributed by atoms with Crippen LogP contribution in [0.25, 0.3) is 0 Å². The van der Waals surface area contributed by atoms with E-state index in [4.69, 9.17) is 10.5 Å². The number of nitrogens with two attached hydrogens (primary N) is 1. The predicted molar refractivity (Wildman–Crippen MR) is 98.2 cm³/mol. The van der Waals surface area contributed by atoms with Gasteiger partial charge in [0.25, 0.3) is 11.8 Å². The fraction of sp³-hybridized carbons (Fsp3) is 0.333. The number of hydrogen-bond donors (Lipinski definition) is 1. The third kappa shape index (κ3) is 3.65. The summed E-state index contributed by atoms with van der Waals surface area (Å²) in [5, 5.41) is 0. The van der Waals surface area contributed by atoms with Gasteiger partial charge in [-0.2, -0.15) is 0 Å². The van der Waals surface area contributed by atoms with Crippen molar-refractivity contribution >= 4 is 11.8 Å². The molecule has 5 nitrogen and oxygen atoms in total. The zero-order valence-corrected chi connectivity index (χ0v) is 14.9. The van der Waals surface area contributed by atoms with E-state index in [0.717, 1.165) is 18.4 Å². The van der Waals surface area contributed by atoms with Crippen LogP contribution in [0.2, 0.25) is 0 Å². The monoisotopic (exact) mass is 368 g/mol. The van der Waals surface area contributed by atoms with Crippen LogP contribution in [-0.2, 0) is 0 Å². The highest BCUT2D eigenvalue weighted by molar-refractivity contribution is 5.94. The largest absolute Gasteiger partial charge is 0.493 e. The number of likely N-dealkylation sites (tertiary alicyclic amines) is 1. The minimum Gasteiger partial charge on any atom is -0.493 e. The van der Waals surface area contributed by atoms with E-state index in [1.54, 1.807) is 17.0 Å². The van der Waals surface area contributed by atoms with Crippen molar-refractivity contribution < 1.29 is 18.7 Å². The first-order valence-corrected chi connectivity index (χ1v) is 9.13. The average Bonchev–Trinajstić information content (AvgIpc) is 3.45. The van der Waals surface area contributed by atoms with E-state index < -0.39 is 11.7 Å². The summed E-state index contributed by atoms with van der Waals surface area (Å²) < 4.78 is 20.0. The molecule has 1 saturated heterocycles. The van der Waals surface area contributed by atoms with E-state index in [1.165, 1.54) is 12.1 Å². The standard InChI is InChI=1S/C21H21FN2O3/c22-18-9-19(16(14-6-7-14)8-17(18)20(23)25)27-12-13-10-24(11-13)21(26)15-4-2-1-3-5-15/h1-5,8-9,13-14H,6-7,10-12H2,(H2,23,25). The van der Waals surface area contributed by atoms with Crippen molar-refractivity contribution in [2.24, 2.45) is 11.7 Å². The number of benzene rings is 2. The molecule has 0 radical (unpaired) electrons. The van der Waals surface area contributed by atoms with E-state index >= 15 is 0 Å². The van der Waals surface area contributed by atoms with Gasteiger partial charge in [0.1, 0.15) is 11.6 Å². The van der Waals surface area contributed by atoms with Gasteiger partial charge in [-0.25, -0.2) is 4.39 Å². The molecule has 0 atom stereocenters. The molecule has 4 rings (SSSR count). The van der Waals surface area contributed by atoms with Gasteiger partial charge in [-0.05, 0) is 42.5 Å². The molecule has 1 saturated carbocycles. The Balaban J connectivity index is 1.37. The number of primary amides is 1. The zero-order chi connectivity index (χ0) is 19.0. The number of carbonyl (C=O) groups is 2. The smallest absolute Gasteiger partial charge is 0.253 e. The van der Waals surface area contributed by atoms with Crippen molar-refractivity contribution in [3.8, 4) is 5.75 Å². The van der Waals surface area contributed by atoms with Crippen molar-refractivity contribution in [2.45, 2.75) is 18.8 Å². The van der Waals surface area contributed by atoms with Crippen LogP contribution < -0.4 is 10.5 Å². The molecule has 27 heavy (non-hydrogen) atoms. The minimum absolute atomic E-state index is 0.0161. The third-order valence-corrected chi connectivity index (χ3v) is 5.12. The number of halogens is 1. The maximum atomic E-state index is 14.1. The molecular formula is C21H21FN2O3. The van der Waals surface area contributed by atoms with Crippen molar-refractivity contribution in [1.82, 2.24) is 4.90 Å². The average molecular weight is 368 g/mol. The summed E-state index contributed by atoms with van der Waals surface area (Å²) in [4.78, 5) is 25.5. The van der Waals surface area contributed by atoms with Gasteiger partial charge in [-0.15, -0.1) is 0 Å². The van der Waals surface area contributed by atoms with Crippen LogP contribution in [-0.4, -0.2) is 36.4 Å². The second-order valence-electron chi connectivity index (χ2n) is 7.26. The Bertz CT molecular complexity index is 874. The summed E-state index contributed by atoms with van der Waals surface area (Å²) in [5.74, 6) is -0.415. The van der Waals surface area contributed by atoms with Gasteiger partial charge >= 0.3 is 0 Å². The molecule has 2 amide bonds. The minimum atomic E-state index is -0.769. The fourth-order valence-corrected chi connectivity index (χ4v) is 3.41. The van der Waals surface area contributed by atoms with E-state index in [1.807, 2.05) is 18.2 Å². The Morgan fingerprint density at radius 3 is 2.48 bits per heavy atom. The zero-order valence-electron chi connectivity index (χ0n) is 14.9. The van der Waals surface area contributed by atoms with E-state index in [0.29, 0.717) is 36.9 Å². The lowest BCUT2D eigenvalue weighted by Gasteiger charge is -2.39. The quantitative estimate of drug-likeness (QED) is 0.852. The van der Waals surface area contributed by atoms with Gasteiger partial charge in [0.15, 0.2) is 0 Å². The van der Waals surface area contributed by atoms with Crippen LogP contribution in [0, 0.1) is 11.7 Å². The molecule has 2 aromatic rings. The number of rotatable bonds is 6. The van der Waals surface area contributed by atoms with E-state index in [9.17, 15) is 14.0 Å². The lowest BCUT2D eigenvalue weighted by Crippen LogP contribution is -2.52. The van der Waals surface area contributed by atoms with Crippen LogP contribution in [0.4, 0.5) is 4.39 Å². The summed E-state index contributed by atoms with van der Waals surface area (Å²) in [7, 11) is 0. The molecule has 0 bridgehead atoms. The van der Waals surface area contributed by atoms with Gasteiger partial charge in [0.2, 0.25) is 0 Å². The van der Waals surface area contributed by atoms with Gasteiger partial charge in [-0.1, -0.05) is 18.2 Å². The highest BCUT2D eigenvalue weighted by Gasteiger charge is 2.33. The predicted octanol–water partition coefficient (Wildman–Crippen LogP) is 2.95. The van der Waals surface area contributed by atoms with Gasteiger partial charge < -0.3 is 15.4 Å². The number of ether oxygens (including phenoxy) is 1. The molecule has 2 aromatic carbocycles. The highest BCUT2D eigenvalue weighted by Crippen LogP contribution is 2.45. The first kappa shape index (κ1) is 17.5. The summed E-state index contributed by atoms with van der Waals surface area (Å²) in [6, 6.07) is 12.0. The molecule has 0 spiro atoms. The van der Waals surface area contributed by atoms with Crippen LogP contribution in [0.1, 0.15) is 45.0 Å². The lowest BCUT2D eigenvalue weighted by molar-refractivity contribution is 0.0392. The molecule has 0 aromatic heterocycles. The molecule has 6 heteroatoms. The molecule has 2 fully saturated rings. The van der Waals surface area contributed by atoms with Crippen molar-refractivity contribution in [3.63, 3.8) is 0 Å². The first-order valence-electron chi connectivity index (χ1n) is 9.13. The molecule has 2 aliphatic rings. The number of hydrogen-bond acceptors (Lipinski definition) is 3. The molecule has 1 aliphatic carbocycles. The van der Waals surface area contributed by atoms with Gasteiger partial charge in [0, 0.05) is 30.6 Å². The Labute approximate surface area is 156 Å². The number of amides is 2. The topological polar surface area (TPSA) is 72.6 Å². The van der Waals surface area contributed by atoms with Crippen LogP contribution in [0.5, 0.6) is 5.75 Å². The van der Waals surface area contributed by atoms with Crippen LogP contribution in [0.3, 0.4) is 0 Å². The molecule has 1 aliphatic heterocycles. The molecule has 140 valence electrons.